The van der Waals surface area contributed by atoms with Crippen LogP contribution in [-0.4, -0.2) is 14.7 Å². The van der Waals surface area contributed by atoms with Gasteiger partial charge in [-0.15, -0.1) is 0 Å². The van der Waals surface area contributed by atoms with Crippen molar-refractivity contribution in [3.8, 4) is 17.2 Å². The van der Waals surface area contributed by atoms with Crippen molar-refractivity contribution in [2.75, 3.05) is 6.26 Å². The summed E-state index contributed by atoms with van der Waals surface area (Å²) in [6, 6.07) is 17.1. The van der Waals surface area contributed by atoms with Crippen molar-refractivity contribution >= 4 is 9.84 Å². The number of benzene rings is 2. The lowest BCUT2D eigenvalue weighted by molar-refractivity contribution is 0.602. The Kier molecular flexibility index (Phi) is 3.11. The summed E-state index contributed by atoms with van der Waals surface area (Å²) in [6.07, 6.45) is 3.05. The number of rotatable bonds is 3. The maximum atomic E-state index is 11.6. The lowest BCUT2D eigenvalue weighted by Crippen LogP contribution is -2.01. The molecule has 0 saturated heterocycles. The van der Waals surface area contributed by atoms with E-state index in [-0.39, 0.29) is 5.41 Å². The molecule has 21 heavy (non-hydrogen) atoms. The summed E-state index contributed by atoms with van der Waals surface area (Å²) in [4.78, 5) is 0.319. The average molecular weight is 297 g/mol. The molecular weight excluding hydrogens is 282 g/mol. The fourth-order valence-corrected chi connectivity index (χ4v) is 3.14. The number of nitrogens with zero attached hydrogens (tertiary/aromatic N) is 1. The van der Waals surface area contributed by atoms with Gasteiger partial charge >= 0.3 is 0 Å². The van der Waals surface area contributed by atoms with E-state index in [0.29, 0.717) is 4.90 Å². The molecule has 2 aromatic carbocycles. The van der Waals surface area contributed by atoms with Gasteiger partial charge in [-0.3, -0.25) is 0 Å². The average Bonchev–Trinajstić information content (AvgIpc) is 3.28. The zero-order valence-corrected chi connectivity index (χ0v) is 12.5. The van der Waals surface area contributed by atoms with Gasteiger partial charge in [0.1, 0.15) is 0 Å². The Bertz CT molecular complexity index is 826. The van der Waals surface area contributed by atoms with Gasteiger partial charge in [0.15, 0.2) is 9.84 Å². The van der Waals surface area contributed by atoms with Crippen molar-refractivity contribution in [3.05, 3.63) is 54.1 Å². The van der Waals surface area contributed by atoms with Crippen LogP contribution in [0, 0.1) is 11.3 Å². The summed E-state index contributed by atoms with van der Waals surface area (Å²) in [5, 5.41) is 9.21. The SMILES string of the molecule is CS(=O)(=O)c1cccc(-c2ccc(C3(C#N)CC3)cc2)c1. The molecule has 106 valence electrons. The number of nitriles is 1. The van der Waals surface area contributed by atoms with E-state index in [1.165, 1.54) is 6.26 Å². The van der Waals surface area contributed by atoms with Gasteiger partial charge in [0, 0.05) is 6.26 Å². The largest absolute Gasteiger partial charge is 0.224 e. The van der Waals surface area contributed by atoms with Crippen LogP contribution in [0.1, 0.15) is 18.4 Å². The normalized spacial score (nSPS) is 16.2. The van der Waals surface area contributed by atoms with Gasteiger partial charge in [0.25, 0.3) is 0 Å². The van der Waals surface area contributed by atoms with Crippen molar-refractivity contribution in [1.29, 1.82) is 5.26 Å². The van der Waals surface area contributed by atoms with Crippen molar-refractivity contribution in [2.45, 2.75) is 23.2 Å². The zero-order valence-electron chi connectivity index (χ0n) is 11.7. The lowest BCUT2D eigenvalue weighted by Gasteiger charge is -2.08. The van der Waals surface area contributed by atoms with Crippen LogP contribution in [0.25, 0.3) is 11.1 Å². The molecule has 1 aliphatic rings. The number of hydrogen-bond donors (Lipinski definition) is 0. The second kappa shape index (κ2) is 4.71. The first kappa shape index (κ1) is 13.8. The molecule has 0 spiro atoms. The highest BCUT2D eigenvalue weighted by Crippen LogP contribution is 2.47. The first-order valence-corrected chi connectivity index (χ1v) is 8.66. The van der Waals surface area contributed by atoms with E-state index >= 15 is 0 Å². The third-order valence-corrected chi connectivity index (χ3v) is 5.11. The van der Waals surface area contributed by atoms with Gasteiger partial charge in [0.2, 0.25) is 0 Å². The van der Waals surface area contributed by atoms with Crippen molar-refractivity contribution in [2.24, 2.45) is 0 Å². The van der Waals surface area contributed by atoms with E-state index in [4.69, 9.17) is 0 Å². The molecule has 3 nitrogen and oxygen atoms in total. The molecule has 2 aromatic rings. The predicted octanol–water partition coefficient (Wildman–Crippen LogP) is 3.31. The van der Waals surface area contributed by atoms with Gasteiger partial charge in [0.05, 0.1) is 16.4 Å². The smallest absolute Gasteiger partial charge is 0.175 e. The first-order chi connectivity index (χ1) is 9.94. The van der Waals surface area contributed by atoms with Crippen LogP contribution in [0.3, 0.4) is 0 Å². The Labute approximate surface area is 124 Å². The standard InChI is InChI=1S/C17H15NO2S/c1-21(19,20)16-4-2-3-14(11-16)13-5-7-15(8-6-13)17(12-18)9-10-17/h2-8,11H,9-10H2,1H3. The molecule has 0 N–H and O–H groups in total. The summed E-state index contributed by atoms with van der Waals surface area (Å²) in [5.41, 5.74) is 2.59. The monoisotopic (exact) mass is 297 g/mol. The van der Waals surface area contributed by atoms with Crippen LogP contribution in [-0.2, 0) is 15.3 Å². The van der Waals surface area contributed by atoms with E-state index in [9.17, 15) is 13.7 Å². The van der Waals surface area contributed by atoms with Gasteiger partial charge in [-0.2, -0.15) is 5.26 Å². The fraction of sp³-hybridized carbons (Fsp3) is 0.235. The second-order valence-electron chi connectivity index (χ2n) is 5.57. The Morgan fingerprint density at radius 2 is 1.71 bits per heavy atom. The van der Waals surface area contributed by atoms with Gasteiger partial charge in [-0.1, -0.05) is 36.4 Å². The number of sulfone groups is 1. The molecular formula is C17H15NO2S. The minimum absolute atomic E-state index is 0.285. The molecule has 1 saturated carbocycles. The van der Waals surface area contributed by atoms with Crippen LogP contribution in [0.2, 0.25) is 0 Å². The van der Waals surface area contributed by atoms with Crippen LogP contribution < -0.4 is 0 Å². The first-order valence-electron chi connectivity index (χ1n) is 6.77. The maximum absolute atomic E-state index is 11.6. The Hall–Kier alpha value is -2.12. The van der Waals surface area contributed by atoms with Gasteiger partial charge < -0.3 is 0 Å². The van der Waals surface area contributed by atoms with E-state index < -0.39 is 9.84 Å². The van der Waals surface area contributed by atoms with Crippen molar-refractivity contribution in [3.63, 3.8) is 0 Å². The summed E-state index contributed by atoms with van der Waals surface area (Å²) in [7, 11) is -3.20. The molecule has 0 heterocycles. The van der Waals surface area contributed by atoms with E-state index in [1.54, 1.807) is 18.2 Å². The van der Waals surface area contributed by atoms with Crippen LogP contribution >= 0.6 is 0 Å². The molecule has 0 unspecified atom stereocenters. The van der Waals surface area contributed by atoms with E-state index in [0.717, 1.165) is 29.5 Å². The molecule has 1 fully saturated rings. The highest BCUT2D eigenvalue weighted by atomic mass is 32.2. The predicted molar refractivity (Wildman–Crippen MR) is 81.5 cm³/mol. The topological polar surface area (TPSA) is 57.9 Å². The highest BCUT2D eigenvalue weighted by Gasteiger charge is 2.44. The van der Waals surface area contributed by atoms with Gasteiger partial charge in [-0.05, 0) is 41.7 Å². The lowest BCUT2D eigenvalue weighted by atomic mass is 9.95. The van der Waals surface area contributed by atoms with E-state index in [1.807, 2.05) is 30.3 Å². The Morgan fingerprint density at radius 3 is 2.24 bits per heavy atom. The molecule has 0 radical (unpaired) electrons. The molecule has 4 heteroatoms. The molecule has 0 aliphatic heterocycles. The zero-order chi connectivity index (χ0) is 15.1. The summed E-state index contributed by atoms with van der Waals surface area (Å²) < 4.78 is 23.2. The Morgan fingerprint density at radius 1 is 1.05 bits per heavy atom. The summed E-state index contributed by atoms with van der Waals surface area (Å²) in [6.45, 7) is 0. The molecule has 0 amide bonds. The minimum Gasteiger partial charge on any atom is -0.224 e. The third-order valence-electron chi connectivity index (χ3n) is 4.00. The minimum atomic E-state index is -3.20. The number of hydrogen-bond acceptors (Lipinski definition) is 3. The summed E-state index contributed by atoms with van der Waals surface area (Å²) >= 11 is 0. The quantitative estimate of drug-likeness (QED) is 0.873. The molecule has 0 bridgehead atoms. The summed E-state index contributed by atoms with van der Waals surface area (Å²) in [5.74, 6) is 0. The van der Waals surface area contributed by atoms with Crippen molar-refractivity contribution < 1.29 is 8.42 Å². The molecule has 1 aliphatic carbocycles. The van der Waals surface area contributed by atoms with Gasteiger partial charge in [-0.25, -0.2) is 8.42 Å². The highest BCUT2D eigenvalue weighted by molar-refractivity contribution is 7.90. The molecule has 3 rings (SSSR count). The van der Waals surface area contributed by atoms with E-state index in [2.05, 4.69) is 6.07 Å². The van der Waals surface area contributed by atoms with Crippen molar-refractivity contribution in [1.82, 2.24) is 0 Å². The second-order valence-corrected chi connectivity index (χ2v) is 7.59. The maximum Gasteiger partial charge on any atom is 0.175 e. The van der Waals surface area contributed by atoms with Crippen LogP contribution in [0.4, 0.5) is 0 Å². The molecule has 0 aromatic heterocycles. The van der Waals surface area contributed by atoms with Crippen LogP contribution in [0.5, 0.6) is 0 Å². The Balaban J connectivity index is 1.97. The third kappa shape index (κ3) is 2.57. The van der Waals surface area contributed by atoms with Crippen LogP contribution in [0.15, 0.2) is 53.4 Å². The fourth-order valence-electron chi connectivity index (χ4n) is 2.48. The molecule has 0 atom stereocenters.